The smallest absolute Gasteiger partial charge is 0.308 e. The van der Waals surface area contributed by atoms with Gasteiger partial charge in [-0.3, -0.25) is 14.5 Å². The van der Waals surface area contributed by atoms with Crippen molar-refractivity contribution in [3.63, 3.8) is 0 Å². The molecule has 2 atom stereocenters. The minimum absolute atomic E-state index is 0.143. The van der Waals surface area contributed by atoms with Gasteiger partial charge in [-0.15, -0.1) is 0 Å². The highest BCUT2D eigenvalue weighted by atomic mass is 35.5. The highest BCUT2D eigenvalue weighted by Gasteiger charge is 2.60. The number of esters is 1. The van der Waals surface area contributed by atoms with Crippen molar-refractivity contribution in [2.45, 2.75) is 49.9 Å². The van der Waals surface area contributed by atoms with E-state index >= 15 is 4.79 Å². The molecule has 1 heterocycles. The van der Waals surface area contributed by atoms with E-state index < -0.39 is 38.7 Å². The van der Waals surface area contributed by atoms with Gasteiger partial charge in [0.05, 0.1) is 34.4 Å². The van der Waals surface area contributed by atoms with E-state index in [9.17, 15) is 9.00 Å². The zero-order valence-corrected chi connectivity index (χ0v) is 26.2. The fourth-order valence-corrected chi connectivity index (χ4v) is 6.83. The standard InChI is InChI=1S/C35H35ClN2O4S/c1-5-42-31(39)24-34(37-43(41)33(2,3)4)29-22-21-28(36)23-30(29)38(32(34)40)35(25-15-9-6-10-16-25,26-17-11-7-12-18-26)27-19-13-8-14-20-27/h6-23,37H,5,24H2,1-4H3/t34-,43+/m0/s1. The Morgan fingerprint density at radius 3 is 1.79 bits per heavy atom. The average Bonchev–Trinajstić information content (AvgIpc) is 3.21. The van der Waals surface area contributed by atoms with Gasteiger partial charge in [-0.05, 0) is 56.5 Å². The lowest BCUT2D eigenvalue weighted by molar-refractivity contribution is -0.147. The Balaban J connectivity index is 1.90. The van der Waals surface area contributed by atoms with Gasteiger partial charge in [-0.1, -0.05) is 109 Å². The molecule has 222 valence electrons. The molecule has 0 unspecified atom stereocenters. The van der Waals surface area contributed by atoms with Crippen LogP contribution in [0.25, 0.3) is 0 Å². The van der Waals surface area contributed by atoms with Crippen LogP contribution in [0.15, 0.2) is 109 Å². The number of rotatable bonds is 9. The molecule has 1 N–H and O–H groups in total. The van der Waals surface area contributed by atoms with E-state index in [1.807, 2.05) is 112 Å². The van der Waals surface area contributed by atoms with Crippen LogP contribution in [0, 0.1) is 0 Å². The molecule has 0 saturated heterocycles. The number of amides is 1. The molecular weight excluding hydrogens is 580 g/mol. The Labute approximate surface area is 260 Å². The van der Waals surface area contributed by atoms with Gasteiger partial charge in [0, 0.05) is 10.6 Å². The van der Waals surface area contributed by atoms with Gasteiger partial charge in [0.25, 0.3) is 5.91 Å². The predicted octanol–water partition coefficient (Wildman–Crippen LogP) is 6.88. The Morgan fingerprint density at radius 1 is 0.860 bits per heavy atom. The second kappa shape index (κ2) is 12.1. The number of carbonyl (C=O) groups excluding carboxylic acids is 2. The zero-order valence-electron chi connectivity index (χ0n) is 24.7. The van der Waals surface area contributed by atoms with Gasteiger partial charge in [0.1, 0.15) is 11.1 Å². The van der Waals surface area contributed by atoms with Crippen molar-refractivity contribution in [1.82, 2.24) is 4.72 Å². The SMILES string of the molecule is CCOC(=O)C[C@@]1(N[S@](=O)C(C)(C)C)C(=O)N(C(c2ccccc2)(c2ccccc2)c2ccccc2)c2cc(Cl)ccc21. The topological polar surface area (TPSA) is 75.7 Å². The number of halogens is 1. The zero-order chi connectivity index (χ0) is 30.8. The minimum atomic E-state index is -1.73. The number of nitrogens with zero attached hydrogens (tertiary/aromatic N) is 1. The molecule has 0 bridgehead atoms. The summed E-state index contributed by atoms with van der Waals surface area (Å²) >= 11 is 6.64. The molecule has 1 aliphatic heterocycles. The highest BCUT2D eigenvalue weighted by molar-refractivity contribution is 7.84. The number of fused-ring (bicyclic) bond motifs is 1. The van der Waals surface area contributed by atoms with Crippen LogP contribution >= 0.6 is 11.6 Å². The summed E-state index contributed by atoms with van der Waals surface area (Å²) in [5.74, 6) is -1.02. The Hall–Kier alpha value is -3.78. The normalized spacial score (nSPS) is 17.4. The van der Waals surface area contributed by atoms with Crippen molar-refractivity contribution in [3.8, 4) is 0 Å². The van der Waals surface area contributed by atoms with Crippen LogP contribution in [-0.4, -0.2) is 27.4 Å². The Morgan fingerprint density at radius 2 is 1.35 bits per heavy atom. The van der Waals surface area contributed by atoms with Crippen LogP contribution in [0.3, 0.4) is 0 Å². The van der Waals surface area contributed by atoms with E-state index in [4.69, 9.17) is 16.3 Å². The third-order valence-electron chi connectivity index (χ3n) is 7.68. The monoisotopic (exact) mass is 614 g/mol. The van der Waals surface area contributed by atoms with Crippen LogP contribution in [0.5, 0.6) is 0 Å². The summed E-state index contributed by atoms with van der Waals surface area (Å²) in [5.41, 5.74) is 0.605. The number of anilines is 1. The van der Waals surface area contributed by atoms with Crippen molar-refractivity contribution in [3.05, 3.63) is 136 Å². The van der Waals surface area contributed by atoms with Gasteiger partial charge < -0.3 is 4.74 Å². The van der Waals surface area contributed by atoms with Crippen molar-refractivity contribution in [2.24, 2.45) is 0 Å². The fraction of sp³-hybridized carbons (Fsp3) is 0.257. The summed E-state index contributed by atoms with van der Waals surface area (Å²) in [5, 5.41) is 0.420. The number of hydrogen-bond acceptors (Lipinski definition) is 4. The predicted molar refractivity (Wildman–Crippen MR) is 172 cm³/mol. The number of hydrogen-bond donors (Lipinski definition) is 1. The van der Waals surface area contributed by atoms with E-state index in [1.165, 1.54) is 0 Å². The maximum Gasteiger partial charge on any atom is 0.308 e. The van der Waals surface area contributed by atoms with Crippen LogP contribution in [0.1, 0.15) is 56.4 Å². The van der Waals surface area contributed by atoms with Crippen LogP contribution in [0.4, 0.5) is 5.69 Å². The first-order valence-corrected chi connectivity index (χ1v) is 15.7. The molecule has 43 heavy (non-hydrogen) atoms. The van der Waals surface area contributed by atoms with Crippen LogP contribution in [0.2, 0.25) is 5.02 Å². The summed E-state index contributed by atoms with van der Waals surface area (Å²) in [6, 6.07) is 34.5. The molecule has 4 aromatic carbocycles. The molecule has 0 spiro atoms. The molecule has 0 saturated carbocycles. The molecule has 0 aromatic heterocycles. The highest BCUT2D eigenvalue weighted by Crippen LogP contribution is 2.54. The molecule has 4 aromatic rings. The minimum Gasteiger partial charge on any atom is -0.466 e. The summed E-state index contributed by atoms with van der Waals surface area (Å²) in [6.07, 6.45) is -0.360. The molecule has 0 aliphatic carbocycles. The van der Waals surface area contributed by atoms with E-state index in [0.29, 0.717) is 16.3 Å². The third kappa shape index (κ3) is 5.42. The summed E-state index contributed by atoms with van der Waals surface area (Å²) in [7, 11) is -1.73. The van der Waals surface area contributed by atoms with Gasteiger partial charge in [-0.2, -0.15) is 0 Å². The first-order chi connectivity index (χ1) is 20.6. The second-order valence-corrected chi connectivity index (χ2v) is 13.9. The fourth-order valence-electron chi connectivity index (χ4n) is 5.77. The van der Waals surface area contributed by atoms with E-state index in [1.54, 1.807) is 30.0 Å². The molecule has 5 rings (SSSR count). The molecule has 1 aliphatic rings. The Kier molecular flexibility index (Phi) is 8.61. The average molecular weight is 615 g/mol. The lowest BCUT2D eigenvalue weighted by Gasteiger charge is -2.45. The van der Waals surface area contributed by atoms with E-state index in [-0.39, 0.29) is 13.0 Å². The molecule has 0 radical (unpaired) electrons. The number of nitrogens with one attached hydrogen (secondary N) is 1. The third-order valence-corrected chi connectivity index (χ3v) is 9.56. The van der Waals surface area contributed by atoms with Crippen LogP contribution < -0.4 is 9.62 Å². The van der Waals surface area contributed by atoms with Crippen molar-refractivity contribution >= 4 is 40.2 Å². The van der Waals surface area contributed by atoms with E-state index in [0.717, 1.165) is 16.7 Å². The number of benzene rings is 4. The molecule has 0 fully saturated rings. The lowest BCUT2D eigenvalue weighted by Crippen LogP contribution is -2.59. The van der Waals surface area contributed by atoms with Gasteiger partial charge in [-0.25, -0.2) is 8.93 Å². The maximum absolute atomic E-state index is 15.4. The maximum atomic E-state index is 15.4. The largest absolute Gasteiger partial charge is 0.466 e. The van der Waals surface area contributed by atoms with Crippen molar-refractivity contribution in [1.29, 1.82) is 0 Å². The quantitative estimate of drug-likeness (QED) is 0.165. The second-order valence-electron chi connectivity index (χ2n) is 11.5. The van der Waals surface area contributed by atoms with Crippen molar-refractivity contribution in [2.75, 3.05) is 11.5 Å². The van der Waals surface area contributed by atoms with Gasteiger partial charge in [0.2, 0.25) is 0 Å². The molecule has 1 amide bonds. The number of carbonyl (C=O) groups is 2. The van der Waals surface area contributed by atoms with Crippen LogP contribution in [-0.2, 0) is 36.4 Å². The molecule has 6 nitrogen and oxygen atoms in total. The lowest BCUT2D eigenvalue weighted by atomic mass is 9.75. The summed E-state index contributed by atoms with van der Waals surface area (Å²) in [4.78, 5) is 30.4. The van der Waals surface area contributed by atoms with Gasteiger partial charge >= 0.3 is 5.97 Å². The number of ether oxygens (including phenoxy) is 1. The van der Waals surface area contributed by atoms with Crippen molar-refractivity contribution < 1.29 is 18.5 Å². The summed E-state index contributed by atoms with van der Waals surface area (Å²) in [6.45, 7) is 7.31. The summed E-state index contributed by atoms with van der Waals surface area (Å²) < 4.78 is 21.6. The first-order valence-electron chi connectivity index (χ1n) is 14.2. The van der Waals surface area contributed by atoms with Gasteiger partial charge in [0.15, 0.2) is 0 Å². The molecular formula is C35H35ClN2O4S. The Bertz CT molecular complexity index is 1540. The van der Waals surface area contributed by atoms with E-state index in [2.05, 4.69) is 4.72 Å². The molecule has 8 heteroatoms. The first kappa shape index (κ1) is 30.7.